The number of rotatable bonds is 4. The fourth-order valence-corrected chi connectivity index (χ4v) is 1.64. The van der Waals surface area contributed by atoms with E-state index in [1.807, 2.05) is 6.92 Å². The van der Waals surface area contributed by atoms with Gasteiger partial charge in [0.15, 0.2) is 0 Å². The number of carbonyl (C=O) groups excluding carboxylic acids is 1. The van der Waals surface area contributed by atoms with E-state index in [1.54, 1.807) is 0 Å². The van der Waals surface area contributed by atoms with Crippen LogP contribution in [0.4, 0.5) is 0 Å². The Labute approximate surface area is 79.5 Å². The summed E-state index contributed by atoms with van der Waals surface area (Å²) in [6, 6.07) is 0. The maximum atomic E-state index is 11.2. The Balaban J connectivity index is 2.18. The second kappa shape index (κ2) is 4.07. The first-order chi connectivity index (χ1) is 6.09. The molecule has 0 unspecified atom stereocenters. The first kappa shape index (κ1) is 10.5. The van der Waals surface area contributed by atoms with Gasteiger partial charge in [-0.05, 0) is 13.3 Å². The highest BCUT2D eigenvalue weighted by atomic mass is 16.2. The summed E-state index contributed by atoms with van der Waals surface area (Å²) in [6.07, 6.45) is 0.985. The van der Waals surface area contributed by atoms with E-state index < -0.39 is 0 Å². The largest absolute Gasteiger partial charge is 0.355 e. The summed E-state index contributed by atoms with van der Waals surface area (Å²) < 4.78 is 0. The number of nitrogens with one attached hydrogen (secondary N) is 1. The third kappa shape index (κ3) is 2.67. The average Bonchev–Trinajstić information content (AvgIpc) is 2.02. The van der Waals surface area contributed by atoms with Crippen LogP contribution in [0.15, 0.2) is 0 Å². The van der Waals surface area contributed by atoms with E-state index in [2.05, 4.69) is 17.1 Å². The maximum absolute atomic E-state index is 11.2. The van der Waals surface area contributed by atoms with Crippen LogP contribution in [0.1, 0.15) is 20.3 Å². The Kier molecular flexibility index (Phi) is 3.27. The van der Waals surface area contributed by atoms with Crippen molar-refractivity contribution in [3.8, 4) is 0 Å². The number of likely N-dealkylation sites (tertiary alicyclic amines) is 1. The van der Waals surface area contributed by atoms with E-state index in [0.717, 1.165) is 19.5 Å². The molecule has 1 aliphatic rings. The molecule has 0 saturated carbocycles. The summed E-state index contributed by atoms with van der Waals surface area (Å²) in [6.45, 7) is 6.90. The molecule has 0 atom stereocenters. The van der Waals surface area contributed by atoms with Crippen molar-refractivity contribution in [1.82, 2.24) is 10.2 Å². The molecule has 0 radical (unpaired) electrons. The second-order valence-corrected chi connectivity index (χ2v) is 3.81. The fraction of sp³-hybridized carbons (Fsp3) is 0.889. The smallest absolute Gasteiger partial charge is 0.234 e. The molecule has 1 amide bonds. The van der Waals surface area contributed by atoms with Crippen molar-refractivity contribution in [1.29, 1.82) is 0 Å². The van der Waals surface area contributed by atoms with Crippen LogP contribution in [0.2, 0.25) is 0 Å². The van der Waals surface area contributed by atoms with Crippen molar-refractivity contribution in [3.63, 3.8) is 0 Å². The number of hydrogen-bond donors (Lipinski definition) is 2. The molecule has 0 aliphatic carbocycles. The van der Waals surface area contributed by atoms with Gasteiger partial charge in [-0.1, -0.05) is 6.92 Å². The van der Waals surface area contributed by atoms with Gasteiger partial charge in [-0.3, -0.25) is 9.69 Å². The van der Waals surface area contributed by atoms with E-state index >= 15 is 0 Å². The minimum atomic E-state index is -0.0352. The third-order valence-electron chi connectivity index (χ3n) is 2.52. The van der Waals surface area contributed by atoms with Gasteiger partial charge in [0.05, 0.1) is 6.54 Å². The molecule has 0 aromatic rings. The molecule has 1 aliphatic heterocycles. The van der Waals surface area contributed by atoms with Crippen LogP contribution in [0.3, 0.4) is 0 Å². The van der Waals surface area contributed by atoms with Crippen molar-refractivity contribution in [2.45, 2.75) is 25.8 Å². The van der Waals surface area contributed by atoms with Gasteiger partial charge in [-0.25, -0.2) is 0 Å². The summed E-state index contributed by atoms with van der Waals surface area (Å²) in [7, 11) is 0. The molecule has 0 aromatic carbocycles. The highest BCUT2D eigenvalue weighted by Gasteiger charge is 2.37. The van der Waals surface area contributed by atoms with Gasteiger partial charge in [-0.2, -0.15) is 0 Å². The molecular weight excluding hydrogens is 166 g/mol. The lowest BCUT2D eigenvalue weighted by Gasteiger charge is -2.47. The lowest BCUT2D eigenvalue weighted by molar-refractivity contribution is -0.124. The lowest BCUT2D eigenvalue weighted by atomic mass is 9.88. The molecule has 0 aromatic heterocycles. The number of nitrogens with zero attached hydrogens (tertiary/aromatic N) is 1. The summed E-state index contributed by atoms with van der Waals surface area (Å²) in [4.78, 5) is 13.2. The van der Waals surface area contributed by atoms with Gasteiger partial charge < -0.3 is 11.1 Å². The van der Waals surface area contributed by atoms with E-state index in [1.165, 1.54) is 0 Å². The van der Waals surface area contributed by atoms with Crippen molar-refractivity contribution in [2.24, 2.45) is 5.73 Å². The van der Waals surface area contributed by atoms with Crippen molar-refractivity contribution in [3.05, 3.63) is 0 Å². The van der Waals surface area contributed by atoms with Gasteiger partial charge in [0.25, 0.3) is 0 Å². The minimum Gasteiger partial charge on any atom is -0.355 e. The Morgan fingerprint density at radius 1 is 1.54 bits per heavy atom. The lowest BCUT2D eigenvalue weighted by Crippen LogP contribution is -2.68. The van der Waals surface area contributed by atoms with Gasteiger partial charge in [0.2, 0.25) is 5.91 Å². The van der Waals surface area contributed by atoms with Crippen LogP contribution in [-0.4, -0.2) is 42.5 Å². The van der Waals surface area contributed by atoms with Crippen molar-refractivity contribution in [2.75, 3.05) is 26.2 Å². The SMILES string of the molecule is CCNC(=O)CN1CC(N)(CC)C1. The summed E-state index contributed by atoms with van der Waals surface area (Å²) >= 11 is 0. The van der Waals surface area contributed by atoms with Gasteiger partial charge in [0, 0.05) is 25.2 Å². The first-order valence-corrected chi connectivity index (χ1v) is 4.87. The zero-order valence-corrected chi connectivity index (χ0v) is 8.47. The zero-order valence-electron chi connectivity index (χ0n) is 8.47. The number of nitrogens with two attached hydrogens (primary N) is 1. The number of hydrogen-bond acceptors (Lipinski definition) is 3. The monoisotopic (exact) mass is 185 g/mol. The summed E-state index contributed by atoms with van der Waals surface area (Å²) in [5.74, 6) is 0.0978. The second-order valence-electron chi connectivity index (χ2n) is 3.81. The first-order valence-electron chi connectivity index (χ1n) is 4.87. The molecule has 3 N–H and O–H groups in total. The fourth-order valence-electron chi connectivity index (χ4n) is 1.64. The molecule has 0 bridgehead atoms. The predicted molar refractivity (Wildman–Crippen MR) is 52.3 cm³/mol. The van der Waals surface area contributed by atoms with Crippen LogP contribution in [0.25, 0.3) is 0 Å². The molecular formula is C9H19N3O. The van der Waals surface area contributed by atoms with E-state index in [-0.39, 0.29) is 11.4 Å². The molecule has 4 heteroatoms. The quantitative estimate of drug-likeness (QED) is 0.623. The highest BCUT2D eigenvalue weighted by molar-refractivity contribution is 5.78. The van der Waals surface area contributed by atoms with Crippen LogP contribution in [0, 0.1) is 0 Å². The molecule has 76 valence electrons. The van der Waals surface area contributed by atoms with Crippen LogP contribution >= 0.6 is 0 Å². The Bertz CT molecular complexity index is 187. The minimum absolute atomic E-state index is 0.0352. The molecule has 1 fully saturated rings. The number of likely N-dealkylation sites (N-methyl/N-ethyl adjacent to an activating group) is 1. The number of carbonyl (C=O) groups is 1. The van der Waals surface area contributed by atoms with Gasteiger partial charge in [0.1, 0.15) is 0 Å². The number of amides is 1. The maximum Gasteiger partial charge on any atom is 0.234 e. The summed E-state index contributed by atoms with van der Waals surface area (Å²) in [5, 5.41) is 2.77. The van der Waals surface area contributed by atoms with Crippen LogP contribution in [0.5, 0.6) is 0 Å². The summed E-state index contributed by atoms with van der Waals surface area (Å²) in [5.41, 5.74) is 5.93. The standard InChI is InChI=1S/C9H19N3O/c1-3-9(10)6-12(7-9)5-8(13)11-4-2/h3-7,10H2,1-2H3,(H,11,13). The van der Waals surface area contributed by atoms with Crippen molar-refractivity contribution < 1.29 is 4.79 Å². The predicted octanol–water partition coefficient (Wildman–Crippen LogP) is -0.454. The van der Waals surface area contributed by atoms with Crippen LogP contribution in [-0.2, 0) is 4.79 Å². The molecule has 4 nitrogen and oxygen atoms in total. The van der Waals surface area contributed by atoms with Crippen LogP contribution < -0.4 is 11.1 Å². The van der Waals surface area contributed by atoms with Gasteiger partial charge >= 0.3 is 0 Å². The molecule has 13 heavy (non-hydrogen) atoms. The average molecular weight is 185 g/mol. The van der Waals surface area contributed by atoms with E-state index in [4.69, 9.17) is 5.73 Å². The third-order valence-corrected chi connectivity index (χ3v) is 2.52. The molecule has 0 spiro atoms. The Morgan fingerprint density at radius 2 is 2.15 bits per heavy atom. The highest BCUT2D eigenvalue weighted by Crippen LogP contribution is 2.20. The Hall–Kier alpha value is -0.610. The topological polar surface area (TPSA) is 58.4 Å². The van der Waals surface area contributed by atoms with E-state index in [9.17, 15) is 4.79 Å². The normalized spacial score (nSPS) is 20.8. The molecule has 1 rings (SSSR count). The van der Waals surface area contributed by atoms with E-state index in [0.29, 0.717) is 13.1 Å². The molecule has 1 saturated heterocycles. The Morgan fingerprint density at radius 3 is 2.62 bits per heavy atom. The molecule has 1 heterocycles. The zero-order chi connectivity index (χ0) is 9.90. The van der Waals surface area contributed by atoms with Gasteiger partial charge in [-0.15, -0.1) is 0 Å². The van der Waals surface area contributed by atoms with Crippen molar-refractivity contribution >= 4 is 5.91 Å².